The first-order valence-electron chi connectivity index (χ1n) is 16.4. The van der Waals surface area contributed by atoms with Gasteiger partial charge in [-0.3, -0.25) is 0 Å². The topological polar surface area (TPSA) is 33.7 Å². The minimum atomic E-state index is -0.118. The Kier molecular flexibility index (Phi) is 6.03. The molecular formula is C42H28B2N2O2. The maximum Gasteiger partial charge on any atom is 0.256 e. The SMILES string of the molecule is c1ccc(Nc2c3c4c(c5c2B(c2ccccc2)c2ccccc2O5)N(c2ccccc2)c2ccccc2B4c2ccccc2O3)cc1. The summed E-state index contributed by atoms with van der Waals surface area (Å²) < 4.78 is 14.3. The second kappa shape index (κ2) is 10.7. The van der Waals surface area contributed by atoms with E-state index < -0.39 is 0 Å². The lowest BCUT2D eigenvalue weighted by Crippen LogP contribution is -2.62. The Bertz CT molecular complexity index is 2350. The molecule has 6 heteroatoms. The predicted molar refractivity (Wildman–Crippen MR) is 200 cm³/mol. The molecule has 3 aliphatic rings. The largest absolute Gasteiger partial charge is 0.456 e. The highest BCUT2D eigenvalue weighted by Gasteiger charge is 2.48. The van der Waals surface area contributed by atoms with Crippen LogP contribution in [-0.2, 0) is 0 Å². The normalized spacial score (nSPS) is 13.2. The number of hydrogen-bond acceptors (Lipinski definition) is 4. The van der Waals surface area contributed by atoms with E-state index in [0.717, 1.165) is 73.3 Å². The summed E-state index contributed by atoms with van der Waals surface area (Å²) >= 11 is 0. The molecule has 0 bridgehead atoms. The third-order valence-electron chi connectivity index (χ3n) is 9.82. The van der Waals surface area contributed by atoms with E-state index in [-0.39, 0.29) is 13.4 Å². The predicted octanol–water partition coefficient (Wildman–Crippen LogP) is 6.46. The van der Waals surface area contributed by atoms with Crippen LogP contribution in [0.5, 0.6) is 23.0 Å². The Morgan fingerprint density at radius 3 is 1.71 bits per heavy atom. The van der Waals surface area contributed by atoms with Gasteiger partial charge >= 0.3 is 0 Å². The molecule has 3 aliphatic heterocycles. The average molecular weight is 614 g/mol. The molecular weight excluding hydrogens is 586 g/mol. The second-order valence-electron chi connectivity index (χ2n) is 12.5. The van der Waals surface area contributed by atoms with Crippen molar-refractivity contribution in [1.29, 1.82) is 0 Å². The van der Waals surface area contributed by atoms with Gasteiger partial charge in [0, 0.05) is 28.0 Å². The number of nitrogens with one attached hydrogen (secondary N) is 1. The molecule has 224 valence electrons. The highest BCUT2D eigenvalue weighted by molar-refractivity contribution is 7.01. The van der Waals surface area contributed by atoms with E-state index in [4.69, 9.17) is 9.47 Å². The van der Waals surface area contributed by atoms with Gasteiger partial charge in [0.2, 0.25) is 0 Å². The van der Waals surface area contributed by atoms with Crippen molar-refractivity contribution < 1.29 is 9.47 Å². The van der Waals surface area contributed by atoms with E-state index in [1.54, 1.807) is 0 Å². The van der Waals surface area contributed by atoms with E-state index >= 15 is 0 Å². The van der Waals surface area contributed by atoms with Gasteiger partial charge in [0.1, 0.15) is 23.0 Å². The van der Waals surface area contributed by atoms with Crippen LogP contribution in [0, 0.1) is 0 Å². The summed E-state index contributed by atoms with van der Waals surface area (Å²) in [5.41, 5.74) is 11.9. The third-order valence-corrected chi connectivity index (χ3v) is 9.82. The van der Waals surface area contributed by atoms with Crippen molar-refractivity contribution in [2.45, 2.75) is 0 Å². The summed E-state index contributed by atoms with van der Waals surface area (Å²) in [5, 5.41) is 3.87. The van der Waals surface area contributed by atoms with Crippen molar-refractivity contribution >= 4 is 74.6 Å². The first-order chi connectivity index (χ1) is 23.8. The molecule has 0 atom stereocenters. The van der Waals surface area contributed by atoms with Gasteiger partial charge in [-0.2, -0.15) is 0 Å². The van der Waals surface area contributed by atoms with Crippen LogP contribution in [0.25, 0.3) is 0 Å². The van der Waals surface area contributed by atoms with Crippen molar-refractivity contribution in [3.63, 3.8) is 0 Å². The van der Waals surface area contributed by atoms with Crippen molar-refractivity contribution in [3.8, 4) is 23.0 Å². The average Bonchev–Trinajstić information content (AvgIpc) is 3.16. The van der Waals surface area contributed by atoms with Crippen LogP contribution in [0.15, 0.2) is 164 Å². The maximum absolute atomic E-state index is 7.20. The molecule has 10 rings (SSSR count). The zero-order valence-corrected chi connectivity index (χ0v) is 26.0. The lowest BCUT2D eigenvalue weighted by Gasteiger charge is -2.43. The van der Waals surface area contributed by atoms with Gasteiger partial charge in [0.25, 0.3) is 13.4 Å². The number of ether oxygens (including phenoxy) is 2. The number of fused-ring (bicyclic) bond motifs is 7. The van der Waals surface area contributed by atoms with Gasteiger partial charge in [0.15, 0.2) is 0 Å². The van der Waals surface area contributed by atoms with E-state index in [2.05, 4.69) is 168 Å². The molecule has 4 nitrogen and oxygen atoms in total. The van der Waals surface area contributed by atoms with Crippen molar-refractivity contribution in [3.05, 3.63) is 164 Å². The van der Waals surface area contributed by atoms with Crippen LogP contribution in [-0.4, -0.2) is 13.4 Å². The van der Waals surface area contributed by atoms with Gasteiger partial charge < -0.3 is 19.7 Å². The highest BCUT2D eigenvalue weighted by atomic mass is 16.5. The standard InChI is InChI=1S/C42H28B2N2O2/c1-4-16-28(17-5-1)43-32-23-11-14-26-35(32)48-42-37(43)39(45-29-18-6-2-7-19-29)41-38-40(42)46(30-20-8-3-9-21-30)34-25-13-10-22-31(34)44(38)33-24-12-15-27-36(33)47-41/h1-27,45H. The maximum atomic E-state index is 7.20. The quantitative estimate of drug-likeness (QED) is 0.231. The Morgan fingerprint density at radius 2 is 1.00 bits per heavy atom. The molecule has 0 spiro atoms. The van der Waals surface area contributed by atoms with Crippen LogP contribution >= 0.6 is 0 Å². The summed E-state index contributed by atoms with van der Waals surface area (Å²) in [6.45, 7) is -0.179. The van der Waals surface area contributed by atoms with E-state index in [1.807, 2.05) is 6.07 Å². The monoisotopic (exact) mass is 614 g/mol. The fraction of sp³-hybridized carbons (Fsp3) is 0. The summed E-state index contributed by atoms with van der Waals surface area (Å²) in [6.07, 6.45) is 0. The zero-order valence-electron chi connectivity index (χ0n) is 26.0. The van der Waals surface area contributed by atoms with E-state index in [1.165, 1.54) is 10.9 Å². The van der Waals surface area contributed by atoms with Crippen molar-refractivity contribution in [2.75, 3.05) is 10.2 Å². The molecule has 3 heterocycles. The number of anilines is 5. The zero-order chi connectivity index (χ0) is 31.6. The van der Waals surface area contributed by atoms with Crippen LogP contribution < -0.4 is 52.5 Å². The second-order valence-corrected chi connectivity index (χ2v) is 12.5. The molecule has 0 saturated heterocycles. The van der Waals surface area contributed by atoms with Gasteiger partial charge in [-0.15, -0.1) is 0 Å². The Morgan fingerprint density at radius 1 is 0.458 bits per heavy atom. The van der Waals surface area contributed by atoms with Crippen molar-refractivity contribution in [1.82, 2.24) is 0 Å². The summed E-state index contributed by atoms with van der Waals surface area (Å²) in [7, 11) is 0. The highest BCUT2D eigenvalue weighted by Crippen LogP contribution is 2.49. The molecule has 7 aromatic rings. The van der Waals surface area contributed by atoms with Crippen LogP contribution in [0.1, 0.15) is 0 Å². The Labute approximate surface area is 280 Å². The lowest BCUT2D eigenvalue weighted by atomic mass is 9.32. The van der Waals surface area contributed by atoms with Gasteiger partial charge in [-0.1, -0.05) is 127 Å². The molecule has 0 aromatic heterocycles. The van der Waals surface area contributed by atoms with Gasteiger partial charge in [-0.25, -0.2) is 0 Å². The Hall–Kier alpha value is -6.13. The molecule has 0 amide bonds. The first-order valence-corrected chi connectivity index (χ1v) is 16.4. The number of benzene rings is 7. The van der Waals surface area contributed by atoms with Crippen LogP contribution in [0.4, 0.5) is 28.4 Å². The summed E-state index contributed by atoms with van der Waals surface area (Å²) in [4.78, 5) is 2.38. The molecule has 1 N–H and O–H groups in total. The smallest absolute Gasteiger partial charge is 0.256 e. The van der Waals surface area contributed by atoms with Crippen LogP contribution in [0.3, 0.4) is 0 Å². The number of rotatable bonds is 4. The number of nitrogens with zero attached hydrogens (tertiary/aromatic N) is 1. The van der Waals surface area contributed by atoms with Gasteiger partial charge in [-0.05, 0) is 58.9 Å². The molecule has 0 aliphatic carbocycles. The van der Waals surface area contributed by atoms with Crippen molar-refractivity contribution in [2.24, 2.45) is 0 Å². The summed E-state index contributed by atoms with van der Waals surface area (Å²) in [5.74, 6) is 3.40. The Balaban J connectivity index is 1.38. The minimum absolute atomic E-state index is 0.0614. The molecule has 0 fully saturated rings. The van der Waals surface area contributed by atoms with Gasteiger partial charge in [0.05, 0.1) is 11.4 Å². The first kappa shape index (κ1) is 27.0. The van der Waals surface area contributed by atoms with Crippen LogP contribution in [0.2, 0.25) is 0 Å². The van der Waals surface area contributed by atoms with E-state index in [0.29, 0.717) is 0 Å². The molecule has 0 unspecified atom stereocenters. The number of para-hydroxylation sites is 5. The molecule has 48 heavy (non-hydrogen) atoms. The summed E-state index contributed by atoms with van der Waals surface area (Å²) in [6, 6.07) is 57.4. The number of hydrogen-bond donors (Lipinski definition) is 1. The molecule has 7 aromatic carbocycles. The fourth-order valence-corrected chi connectivity index (χ4v) is 7.86. The lowest BCUT2D eigenvalue weighted by molar-refractivity contribution is 0.478. The third kappa shape index (κ3) is 3.99. The minimum Gasteiger partial charge on any atom is -0.456 e. The molecule has 0 saturated carbocycles. The molecule has 0 radical (unpaired) electrons. The van der Waals surface area contributed by atoms with E-state index in [9.17, 15) is 0 Å². The fourth-order valence-electron chi connectivity index (χ4n) is 7.86.